The number of nitroso groups, excluding NO2 is 1. The largest absolute Gasteiger partial charge is 0.145 e. The molecule has 0 radical (unpaired) electrons. The van der Waals surface area contributed by atoms with Crippen LogP contribution < -0.4 is 0 Å². The van der Waals surface area contributed by atoms with Crippen LogP contribution in [0.15, 0.2) is 17.5 Å². The summed E-state index contributed by atoms with van der Waals surface area (Å²) in [5.41, 5.74) is 0. The zero-order valence-electron chi connectivity index (χ0n) is 4.00. The fourth-order valence-electron chi connectivity index (χ4n) is 0.446. The van der Waals surface area contributed by atoms with Gasteiger partial charge in [-0.15, -0.1) is 4.91 Å². The first-order chi connectivity index (χ1) is 3.43. The van der Waals surface area contributed by atoms with Crippen LogP contribution in [0.3, 0.4) is 0 Å². The summed E-state index contributed by atoms with van der Waals surface area (Å²) in [4.78, 5) is 9.40. The lowest BCUT2D eigenvalue weighted by molar-refractivity contribution is 1.11. The van der Waals surface area contributed by atoms with Crippen LogP contribution in [-0.2, 0) is 0 Å². The Morgan fingerprint density at radius 1 is 1.57 bits per heavy atom. The van der Waals surface area contributed by atoms with Crippen molar-refractivity contribution in [3.8, 4) is 0 Å². The Morgan fingerprint density at radius 2 is 2.29 bits per heavy atom. The van der Waals surface area contributed by atoms with Gasteiger partial charge in [-0.3, -0.25) is 0 Å². The third kappa shape index (κ3) is 1.48. The van der Waals surface area contributed by atoms with Gasteiger partial charge in [0.25, 0.3) is 0 Å². The molecule has 1 aliphatic carbocycles. The van der Waals surface area contributed by atoms with E-state index in [1.54, 1.807) is 0 Å². The molecule has 38 valence electrons. The van der Waals surface area contributed by atoms with Crippen LogP contribution in [0.1, 0.15) is 12.8 Å². The summed E-state index contributed by atoms with van der Waals surface area (Å²) in [6, 6.07) is 0. The molecule has 1 rings (SSSR count). The quantitative estimate of drug-likeness (QED) is 0.482. The number of nitrogens with zero attached hydrogens (tertiary/aromatic N) is 1. The van der Waals surface area contributed by atoms with E-state index in [1.165, 1.54) is 19.0 Å². The molecule has 0 aromatic carbocycles. The van der Waals surface area contributed by atoms with E-state index in [-0.39, 0.29) is 0 Å². The molecule has 0 unspecified atom stereocenters. The number of hydrogen-bond acceptors (Lipinski definition) is 2. The van der Waals surface area contributed by atoms with Gasteiger partial charge >= 0.3 is 0 Å². The van der Waals surface area contributed by atoms with Gasteiger partial charge in [0.1, 0.15) is 0 Å². The molecule has 0 saturated heterocycles. The molecule has 2 heteroatoms. The minimum atomic E-state index is 0.678. The molecule has 1 aliphatic rings. The van der Waals surface area contributed by atoms with Gasteiger partial charge in [0.05, 0.1) is 6.20 Å². The lowest BCUT2D eigenvalue weighted by Gasteiger charge is -1.68. The molecule has 0 atom stereocenters. The molecule has 0 amide bonds. The average Bonchev–Trinajstić information content (AvgIpc) is 2.42. The van der Waals surface area contributed by atoms with Gasteiger partial charge in [0, 0.05) is 0 Å². The zero-order valence-corrected chi connectivity index (χ0v) is 4.00. The van der Waals surface area contributed by atoms with Gasteiger partial charge in [-0.05, 0) is 23.9 Å². The highest BCUT2D eigenvalue weighted by molar-refractivity contribution is 4.94. The number of rotatable bonds is 2. The fraction of sp³-hybridized carbons (Fsp3) is 0.600. The molecule has 0 spiro atoms. The van der Waals surface area contributed by atoms with Crippen molar-refractivity contribution < 1.29 is 0 Å². The topological polar surface area (TPSA) is 29.4 Å². The van der Waals surface area contributed by atoms with Gasteiger partial charge in [-0.2, -0.15) is 0 Å². The number of allylic oxidation sites excluding steroid dienone is 1. The SMILES string of the molecule is O=N/C=C/C1CC1. The average molecular weight is 97.1 g/mol. The molecule has 0 heterocycles. The summed E-state index contributed by atoms with van der Waals surface area (Å²) in [6.07, 6.45) is 5.67. The first-order valence-electron chi connectivity index (χ1n) is 2.42. The van der Waals surface area contributed by atoms with E-state index >= 15 is 0 Å². The lowest BCUT2D eigenvalue weighted by Crippen LogP contribution is -1.56. The van der Waals surface area contributed by atoms with Gasteiger partial charge in [0.15, 0.2) is 0 Å². The number of hydrogen-bond donors (Lipinski definition) is 0. The first kappa shape index (κ1) is 4.50. The molecule has 0 aliphatic heterocycles. The van der Waals surface area contributed by atoms with Crippen molar-refractivity contribution in [3.05, 3.63) is 17.2 Å². The Hall–Kier alpha value is -0.660. The maximum Gasteiger partial charge on any atom is 0.0677 e. The Balaban J connectivity index is 2.17. The molecule has 1 saturated carbocycles. The van der Waals surface area contributed by atoms with Crippen molar-refractivity contribution in [1.29, 1.82) is 0 Å². The summed E-state index contributed by atoms with van der Waals surface area (Å²) in [6.45, 7) is 0. The molecule has 0 N–H and O–H groups in total. The lowest BCUT2D eigenvalue weighted by atomic mass is 10.4. The van der Waals surface area contributed by atoms with Gasteiger partial charge in [-0.25, -0.2) is 0 Å². The standard InChI is InChI=1S/C5H7NO/c7-6-4-3-5-1-2-5/h3-5H,1-2H2/b4-3+. The van der Waals surface area contributed by atoms with E-state index in [0.29, 0.717) is 5.92 Å². The van der Waals surface area contributed by atoms with Crippen LogP contribution in [0.5, 0.6) is 0 Å². The van der Waals surface area contributed by atoms with Crippen molar-refractivity contribution in [3.63, 3.8) is 0 Å². The molecule has 0 aromatic rings. The summed E-state index contributed by atoms with van der Waals surface area (Å²) in [5.74, 6) is 0.678. The minimum Gasteiger partial charge on any atom is -0.145 e. The van der Waals surface area contributed by atoms with Crippen molar-refractivity contribution in [2.75, 3.05) is 0 Å². The highest BCUT2D eigenvalue weighted by Gasteiger charge is 2.16. The van der Waals surface area contributed by atoms with Crippen molar-refractivity contribution in [1.82, 2.24) is 0 Å². The zero-order chi connectivity index (χ0) is 5.11. The van der Waals surface area contributed by atoms with E-state index in [2.05, 4.69) is 5.18 Å². The minimum absolute atomic E-state index is 0.678. The monoisotopic (exact) mass is 97.1 g/mol. The van der Waals surface area contributed by atoms with Gasteiger partial charge in [0.2, 0.25) is 0 Å². The predicted octanol–water partition coefficient (Wildman–Crippen LogP) is 1.68. The Kier molecular flexibility index (Phi) is 1.20. The smallest absolute Gasteiger partial charge is 0.0677 e. The van der Waals surface area contributed by atoms with Crippen LogP contribution in [0.2, 0.25) is 0 Å². The summed E-state index contributed by atoms with van der Waals surface area (Å²) in [5, 5.41) is 2.59. The van der Waals surface area contributed by atoms with Crippen LogP contribution >= 0.6 is 0 Å². The van der Waals surface area contributed by atoms with E-state index in [0.717, 1.165) is 0 Å². The Bertz CT molecular complexity index is 94.3. The second-order valence-corrected chi connectivity index (χ2v) is 1.78. The second-order valence-electron chi connectivity index (χ2n) is 1.78. The van der Waals surface area contributed by atoms with Crippen LogP contribution in [0.4, 0.5) is 0 Å². The summed E-state index contributed by atoms with van der Waals surface area (Å²) >= 11 is 0. The highest BCUT2D eigenvalue weighted by Crippen LogP contribution is 2.29. The van der Waals surface area contributed by atoms with E-state index in [4.69, 9.17) is 0 Å². The Labute approximate surface area is 42.2 Å². The predicted molar refractivity (Wildman–Crippen MR) is 27.7 cm³/mol. The van der Waals surface area contributed by atoms with Crippen LogP contribution in [0.25, 0.3) is 0 Å². The maximum atomic E-state index is 9.40. The maximum absolute atomic E-state index is 9.40. The molecule has 1 fully saturated rings. The molecule has 0 aromatic heterocycles. The molecular formula is C5H7NO. The molecule has 0 bridgehead atoms. The highest BCUT2D eigenvalue weighted by atomic mass is 16.2. The van der Waals surface area contributed by atoms with E-state index in [1.807, 2.05) is 6.08 Å². The summed E-state index contributed by atoms with van der Waals surface area (Å²) in [7, 11) is 0. The van der Waals surface area contributed by atoms with Crippen LogP contribution in [0, 0.1) is 10.8 Å². The van der Waals surface area contributed by atoms with Crippen molar-refractivity contribution >= 4 is 0 Å². The third-order valence-corrected chi connectivity index (χ3v) is 1.04. The van der Waals surface area contributed by atoms with Crippen LogP contribution in [-0.4, -0.2) is 0 Å². The third-order valence-electron chi connectivity index (χ3n) is 1.04. The fourth-order valence-corrected chi connectivity index (χ4v) is 0.446. The molecular weight excluding hydrogens is 90.1 g/mol. The molecule has 7 heavy (non-hydrogen) atoms. The second kappa shape index (κ2) is 1.87. The molecule has 2 nitrogen and oxygen atoms in total. The van der Waals surface area contributed by atoms with Crippen molar-refractivity contribution in [2.45, 2.75) is 12.8 Å². The summed E-state index contributed by atoms with van der Waals surface area (Å²) < 4.78 is 0. The first-order valence-corrected chi connectivity index (χ1v) is 2.42. The van der Waals surface area contributed by atoms with Gasteiger partial charge < -0.3 is 0 Å². The van der Waals surface area contributed by atoms with Crippen molar-refractivity contribution in [2.24, 2.45) is 11.1 Å². The van der Waals surface area contributed by atoms with E-state index < -0.39 is 0 Å². The van der Waals surface area contributed by atoms with Gasteiger partial charge in [-0.1, -0.05) is 6.08 Å². The Morgan fingerprint density at radius 3 is 2.71 bits per heavy atom. The van der Waals surface area contributed by atoms with E-state index in [9.17, 15) is 4.91 Å². The normalized spacial score (nSPS) is 20.6.